The van der Waals surface area contributed by atoms with Crippen LogP contribution >= 0.6 is 11.8 Å². The summed E-state index contributed by atoms with van der Waals surface area (Å²) in [7, 11) is 0. The van der Waals surface area contributed by atoms with Gasteiger partial charge in [-0.25, -0.2) is 0 Å². The highest BCUT2D eigenvalue weighted by atomic mass is 32.2. The molecule has 0 saturated carbocycles. The van der Waals surface area contributed by atoms with Gasteiger partial charge in [0.1, 0.15) is 0 Å². The first-order chi connectivity index (χ1) is 10.3. The summed E-state index contributed by atoms with van der Waals surface area (Å²) in [5.74, 6) is 0.339. The maximum Gasteiger partial charge on any atom is 0.0450 e. The zero-order valence-electron chi connectivity index (χ0n) is 13.0. The molecule has 2 atom stereocenters. The van der Waals surface area contributed by atoms with Crippen LogP contribution in [0.5, 0.6) is 0 Å². The smallest absolute Gasteiger partial charge is 0.0450 e. The first-order valence-corrected chi connectivity index (χ1v) is 8.77. The van der Waals surface area contributed by atoms with Gasteiger partial charge in [-0.1, -0.05) is 38.1 Å². The summed E-state index contributed by atoms with van der Waals surface area (Å²) in [4.78, 5) is 5.88. The molecule has 1 N–H and O–H groups in total. The summed E-state index contributed by atoms with van der Waals surface area (Å²) >= 11 is 1.81. The SMILES string of the molecule is CCCNC(c1ccccc1SC)C(C)c1ccccn1. The Labute approximate surface area is 132 Å². The molecular formula is C18H24N2S. The van der Waals surface area contributed by atoms with Crippen LogP contribution < -0.4 is 5.32 Å². The Hall–Kier alpha value is -1.32. The molecule has 2 aromatic rings. The second kappa shape index (κ2) is 8.20. The van der Waals surface area contributed by atoms with Gasteiger partial charge in [0.2, 0.25) is 0 Å². The van der Waals surface area contributed by atoms with E-state index in [0.29, 0.717) is 12.0 Å². The maximum absolute atomic E-state index is 4.54. The van der Waals surface area contributed by atoms with Gasteiger partial charge in [0.25, 0.3) is 0 Å². The van der Waals surface area contributed by atoms with Crippen molar-refractivity contribution in [3.8, 4) is 0 Å². The highest BCUT2D eigenvalue weighted by molar-refractivity contribution is 7.98. The third-order valence-electron chi connectivity index (χ3n) is 3.74. The topological polar surface area (TPSA) is 24.9 Å². The van der Waals surface area contributed by atoms with E-state index >= 15 is 0 Å². The van der Waals surface area contributed by atoms with Crippen molar-refractivity contribution >= 4 is 11.8 Å². The van der Waals surface area contributed by atoms with Crippen molar-refractivity contribution in [3.63, 3.8) is 0 Å². The van der Waals surface area contributed by atoms with Crippen LogP contribution in [0.1, 0.15) is 43.5 Å². The van der Waals surface area contributed by atoms with Gasteiger partial charge in [-0.2, -0.15) is 0 Å². The van der Waals surface area contributed by atoms with Gasteiger partial charge >= 0.3 is 0 Å². The predicted octanol–water partition coefficient (Wildman–Crippen LogP) is 4.65. The van der Waals surface area contributed by atoms with Crippen LogP contribution in [0.2, 0.25) is 0 Å². The molecule has 2 unspecified atom stereocenters. The van der Waals surface area contributed by atoms with Crippen molar-refractivity contribution < 1.29 is 0 Å². The zero-order chi connectivity index (χ0) is 15.1. The van der Waals surface area contributed by atoms with Gasteiger partial charge in [0, 0.05) is 28.7 Å². The highest BCUT2D eigenvalue weighted by Gasteiger charge is 2.23. The van der Waals surface area contributed by atoms with E-state index in [1.54, 1.807) is 0 Å². The van der Waals surface area contributed by atoms with E-state index in [4.69, 9.17) is 0 Å². The largest absolute Gasteiger partial charge is 0.309 e. The Bertz CT molecular complexity index is 542. The van der Waals surface area contributed by atoms with E-state index in [1.807, 2.05) is 24.0 Å². The Morgan fingerprint density at radius 2 is 1.90 bits per heavy atom. The van der Waals surface area contributed by atoms with Gasteiger partial charge in [-0.05, 0) is 43.0 Å². The van der Waals surface area contributed by atoms with Gasteiger partial charge in [-0.15, -0.1) is 11.8 Å². The molecule has 21 heavy (non-hydrogen) atoms. The van der Waals surface area contributed by atoms with E-state index in [1.165, 1.54) is 10.5 Å². The standard InChI is InChI=1S/C18H24N2S/c1-4-12-20-18(14(2)16-10-7-8-13-19-16)15-9-5-6-11-17(15)21-3/h5-11,13-14,18,20H,4,12H2,1-3H3. The van der Waals surface area contributed by atoms with Crippen LogP contribution in [0, 0.1) is 0 Å². The number of hydrogen-bond donors (Lipinski definition) is 1. The van der Waals surface area contributed by atoms with Crippen molar-refractivity contribution in [2.45, 2.75) is 37.1 Å². The van der Waals surface area contributed by atoms with Gasteiger partial charge in [0.05, 0.1) is 0 Å². The molecule has 0 spiro atoms. The van der Waals surface area contributed by atoms with Gasteiger partial charge < -0.3 is 5.32 Å². The molecule has 0 amide bonds. The molecule has 1 aromatic carbocycles. The van der Waals surface area contributed by atoms with E-state index < -0.39 is 0 Å². The molecule has 112 valence electrons. The number of benzene rings is 1. The van der Waals surface area contributed by atoms with E-state index in [-0.39, 0.29) is 0 Å². The fraction of sp³-hybridized carbons (Fsp3) is 0.389. The summed E-state index contributed by atoms with van der Waals surface area (Å²) in [5.41, 5.74) is 2.51. The normalized spacial score (nSPS) is 13.9. The highest BCUT2D eigenvalue weighted by Crippen LogP contribution is 2.34. The molecule has 0 aliphatic heterocycles. The third kappa shape index (κ3) is 4.08. The first kappa shape index (κ1) is 16.1. The average Bonchev–Trinajstić information content (AvgIpc) is 2.56. The summed E-state index contributed by atoms with van der Waals surface area (Å²) in [5, 5.41) is 3.71. The van der Waals surface area contributed by atoms with Crippen LogP contribution in [0.25, 0.3) is 0 Å². The molecule has 0 saturated heterocycles. The Morgan fingerprint density at radius 1 is 1.14 bits per heavy atom. The van der Waals surface area contributed by atoms with Crippen LogP contribution in [-0.2, 0) is 0 Å². The van der Waals surface area contributed by atoms with Crippen molar-refractivity contribution in [2.24, 2.45) is 0 Å². The molecule has 0 aliphatic rings. The maximum atomic E-state index is 4.54. The van der Waals surface area contributed by atoms with E-state index in [0.717, 1.165) is 18.7 Å². The minimum atomic E-state index is 0.295. The minimum Gasteiger partial charge on any atom is -0.309 e. The van der Waals surface area contributed by atoms with Crippen molar-refractivity contribution in [1.29, 1.82) is 0 Å². The summed E-state index contributed by atoms with van der Waals surface area (Å²) in [6.45, 7) is 5.48. The van der Waals surface area contributed by atoms with Crippen LogP contribution in [0.3, 0.4) is 0 Å². The van der Waals surface area contributed by atoms with Crippen LogP contribution in [-0.4, -0.2) is 17.8 Å². The number of nitrogens with one attached hydrogen (secondary N) is 1. The molecule has 0 radical (unpaired) electrons. The molecule has 0 aliphatic carbocycles. The average molecular weight is 300 g/mol. The van der Waals surface area contributed by atoms with Gasteiger partial charge in [0.15, 0.2) is 0 Å². The molecule has 2 nitrogen and oxygen atoms in total. The lowest BCUT2D eigenvalue weighted by atomic mass is 9.91. The molecule has 2 rings (SSSR count). The van der Waals surface area contributed by atoms with Crippen LogP contribution in [0.4, 0.5) is 0 Å². The van der Waals surface area contributed by atoms with E-state index in [2.05, 4.69) is 66.8 Å². The number of nitrogens with zero attached hydrogens (tertiary/aromatic N) is 1. The van der Waals surface area contributed by atoms with Crippen molar-refractivity contribution in [1.82, 2.24) is 10.3 Å². The van der Waals surface area contributed by atoms with E-state index in [9.17, 15) is 0 Å². The number of hydrogen-bond acceptors (Lipinski definition) is 3. The zero-order valence-corrected chi connectivity index (χ0v) is 13.9. The molecule has 0 bridgehead atoms. The molecule has 1 heterocycles. The fourth-order valence-corrected chi connectivity index (χ4v) is 3.24. The Balaban J connectivity index is 2.33. The lowest BCUT2D eigenvalue weighted by molar-refractivity contribution is 0.454. The first-order valence-electron chi connectivity index (χ1n) is 7.55. The quantitative estimate of drug-likeness (QED) is 0.754. The number of rotatable bonds is 7. The second-order valence-corrected chi connectivity index (χ2v) is 6.07. The second-order valence-electron chi connectivity index (χ2n) is 5.22. The lowest BCUT2D eigenvalue weighted by Crippen LogP contribution is -2.27. The Morgan fingerprint density at radius 3 is 2.57 bits per heavy atom. The summed E-state index contributed by atoms with van der Waals surface area (Å²) in [6, 6.07) is 15.1. The number of pyridine rings is 1. The molecule has 0 fully saturated rings. The number of aromatic nitrogens is 1. The third-order valence-corrected chi connectivity index (χ3v) is 4.55. The lowest BCUT2D eigenvalue weighted by Gasteiger charge is -2.27. The Kier molecular flexibility index (Phi) is 6.27. The number of thioether (sulfide) groups is 1. The fourth-order valence-electron chi connectivity index (χ4n) is 2.60. The monoisotopic (exact) mass is 300 g/mol. The molecule has 1 aromatic heterocycles. The molecule has 3 heteroatoms. The predicted molar refractivity (Wildman–Crippen MR) is 91.9 cm³/mol. The van der Waals surface area contributed by atoms with Gasteiger partial charge in [-0.3, -0.25) is 4.98 Å². The summed E-state index contributed by atoms with van der Waals surface area (Å²) in [6.07, 6.45) is 5.15. The summed E-state index contributed by atoms with van der Waals surface area (Å²) < 4.78 is 0. The van der Waals surface area contributed by atoms with Crippen molar-refractivity contribution in [3.05, 3.63) is 59.9 Å². The molecular weight excluding hydrogens is 276 g/mol. The minimum absolute atomic E-state index is 0.295. The van der Waals surface area contributed by atoms with Crippen LogP contribution in [0.15, 0.2) is 53.6 Å². The van der Waals surface area contributed by atoms with Crippen molar-refractivity contribution in [2.75, 3.05) is 12.8 Å².